The molecule has 1 unspecified atom stereocenters. The molecule has 0 aliphatic rings. The normalized spacial score (nSPS) is 11.7. The van der Waals surface area contributed by atoms with Crippen LogP contribution in [0, 0.1) is 0 Å². The molecule has 0 aromatic heterocycles. The van der Waals surface area contributed by atoms with Gasteiger partial charge in [-0.3, -0.25) is 10.2 Å². The average Bonchev–Trinajstić information content (AvgIpc) is 2.23. The van der Waals surface area contributed by atoms with Crippen molar-refractivity contribution in [1.82, 2.24) is 10.7 Å². The van der Waals surface area contributed by atoms with Gasteiger partial charge in [-0.1, -0.05) is 6.92 Å². The Bertz CT molecular complexity index is 209. The van der Waals surface area contributed by atoms with Crippen LogP contribution in [-0.2, 0) is 9.53 Å². The fourth-order valence-corrected chi connectivity index (χ4v) is 0.819. The van der Waals surface area contributed by atoms with Crippen LogP contribution in [0.25, 0.3) is 0 Å². The summed E-state index contributed by atoms with van der Waals surface area (Å²) in [6.45, 7) is 4.16. The minimum absolute atomic E-state index is 0.0858. The molecule has 1 atom stereocenters. The van der Waals surface area contributed by atoms with Gasteiger partial charge in [-0.25, -0.2) is 10.6 Å². The van der Waals surface area contributed by atoms with Crippen LogP contribution in [0.15, 0.2) is 0 Å². The molecule has 0 bridgehead atoms. The zero-order chi connectivity index (χ0) is 11.7. The Kier molecular flexibility index (Phi) is 7.35. The van der Waals surface area contributed by atoms with Crippen molar-refractivity contribution in [3.8, 4) is 0 Å². The Hall–Kier alpha value is -1.30. The van der Waals surface area contributed by atoms with Gasteiger partial charge in [0, 0.05) is 13.0 Å². The number of ether oxygens (including phenoxy) is 1. The van der Waals surface area contributed by atoms with Gasteiger partial charge >= 0.3 is 6.09 Å². The summed E-state index contributed by atoms with van der Waals surface area (Å²) in [6.07, 6.45) is 1.08. The third kappa shape index (κ3) is 7.75. The Morgan fingerprint density at radius 2 is 2.13 bits per heavy atom. The predicted molar refractivity (Wildman–Crippen MR) is 55.8 cm³/mol. The van der Waals surface area contributed by atoms with E-state index in [1.54, 1.807) is 0 Å². The minimum atomic E-state index is -0.447. The van der Waals surface area contributed by atoms with Crippen molar-refractivity contribution >= 4 is 12.0 Å². The first-order chi connectivity index (χ1) is 7.10. The van der Waals surface area contributed by atoms with Crippen LogP contribution >= 0.6 is 0 Å². The number of carbonyl (C=O) groups is 2. The number of carbonyl (C=O) groups excluding carboxylic acids is 2. The van der Waals surface area contributed by atoms with Crippen LogP contribution in [-0.4, -0.2) is 24.6 Å². The molecule has 6 heteroatoms. The fraction of sp³-hybridized carbons (Fsp3) is 0.778. The molecule has 0 aliphatic heterocycles. The first-order valence-corrected chi connectivity index (χ1v) is 5.04. The number of nitrogens with one attached hydrogen (secondary N) is 2. The lowest BCUT2D eigenvalue weighted by Crippen LogP contribution is -2.32. The molecule has 0 saturated carbocycles. The molecule has 0 fully saturated rings. The molecule has 0 aromatic carbocycles. The van der Waals surface area contributed by atoms with Gasteiger partial charge in [0.15, 0.2) is 0 Å². The predicted octanol–water partition coefficient (Wildman–Crippen LogP) is 0.281. The van der Waals surface area contributed by atoms with Crippen LogP contribution in [0.1, 0.15) is 33.1 Å². The van der Waals surface area contributed by atoms with E-state index in [0.717, 1.165) is 6.42 Å². The number of hydrogen-bond acceptors (Lipinski definition) is 4. The van der Waals surface area contributed by atoms with E-state index in [1.807, 2.05) is 19.3 Å². The number of rotatable bonds is 6. The summed E-state index contributed by atoms with van der Waals surface area (Å²) in [4.78, 5) is 21.8. The third-order valence-corrected chi connectivity index (χ3v) is 1.89. The summed E-state index contributed by atoms with van der Waals surface area (Å²) < 4.78 is 4.96. The molecule has 88 valence electrons. The Balaban J connectivity index is 3.43. The molecule has 6 nitrogen and oxygen atoms in total. The summed E-state index contributed by atoms with van der Waals surface area (Å²) in [5, 5.41) is 2.55. The lowest BCUT2D eigenvalue weighted by Gasteiger charge is -2.11. The Morgan fingerprint density at radius 1 is 1.47 bits per heavy atom. The van der Waals surface area contributed by atoms with Gasteiger partial charge in [0.05, 0.1) is 0 Å². The second-order valence-electron chi connectivity index (χ2n) is 3.22. The molecule has 15 heavy (non-hydrogen) atoms. The highest BCUT2D eigenvalue weighted by Crippen LogP contribution is 1.96. The SMILES string of the molecule is CCC(C)OC(=O)NCCCC(=O)NN. The molecule has 0 heterocycles. The highest BCUT2D eigenvalue weighted by Gasteiger charge is 2.06. The second kappa shape index (κ2) is 8.05. The standard InChI is InChI=1S/C9H19N3O3/c1-3-7(2)15-9(14)11-6-4-5-8(13)12-10/h7H,3-6,10H2,1-2H3,(H,11,14)(H,12,13). The average molecular weight is 217 g/mol. The molecule has 0 aromatic rings. The molecule has 2 amide bonds. The summed E-state index contributed by atoms with van der Waals surface area (Å²) >= 11 is 0. The van der Waals surface area contributed by atoms with E-state index in [-0.39, 0.29) is 12.0 Å². The number of amides is 2. The van der Waals surface area contributed by atoms with Crippen LogP contribution in [0.4, 0.5) is 4.79 Å². The summed E-state index contributed by atoms with van der Waals surface area (Å²) in [6, 6.07) is 0. The van der Waals surface area contributed by atoms with Crippen molar-refractivity contribution < 1.29 is 14.3 Å². The highest BCUT2D eigenvalue weighted by atomic mass is 16.6. The molecule has 0 saturated heterocycles. The maximum Gasteiger partial charge on any atom is 0.407 e. The van der Waals surface area contributed by atoms with E-state index in [2.05, 4.69) is 5.32 Å². The van der Waals surface area contributed by atoms with Gasteiger partial charge in [0.25, 0.3) is 0 Å². The van der Waals surface area contributed by atoms with Gasteiger partial charge < -0.3 is 10.1 Å². The van der Waals surface area contributed by atoms with Crippen molar-refractivity contribution in [2.45, 2.75) is 39.2 Å². The molecule has 4 N–H and O–H groups in total. The molecular formula is C9H19N3O3. The number of alkyl carbamates (subject to hydrolysis) is 1. The number of hydrazine groups is 1. The molecule has 0 rings (SSSR count). The summed E-state index contributed by atoms with van der Waals surface area (Å²) in [5.41, 5.74) is 2.01. The monoisotopic (exact) mass is 217 g/mol. The van der Waals surface area contributed by atoms with Crippen molar-refractivity contribution in [3.05, 3.63) is 0 Å². The summed E-state index contributed by atoms with van der Waals surface area (Å²) in [5.74, 6) is 4.64. The van der Waals surface area contributed by atoms with E-state index in [4.69, 9.17) is 10.6 Å². The molecule has 0 aliphatic carbocycles. The molecule has 0 spiro atoms. The van der Waals surface area contributed by atoms with E-state index < -0.39 is 6.09 Å². The van der Waals surface area contributed by atoms with Crippen LogP contribution < -0.4 is 16.6 Å². The van der Waals surface area contributed by atoms with Crippen molar-refractivity contribution in [1.29, 1.82) is 0 Å². The maximum absolute atomic E-state index is 11.1. The lowest BCUT2D eigenvalue weighted by atomic mass is 10.3. The maximum atomic E-state index is 11.1. The van der Waals surface area contributed by atoms with Crippen molar-refractivity contribution in [2.24, 2.45) is 5.84 Å². The van der Waals surface area contributed by atoms with Crippen molar-refractivity contribution in [3.63, 3.8) is 0 Å². The Labute approximate surface area is 89.5 Å². The van der Waals surface area contributed by atoms with Gasteiger partial charge in [-0.2, -0.15) is 0 Å². The smallest absolute Gasteiger partial charge is 0.407 e. The number of hydrogen-bond donors (Lipinski definition) is 3. The van der Waals surface area contributed by atoms with E-state index in [0.29, 0.717) is 19.4 Å². The van der Waals surface area contributed by atoms with Crippen molar-refractivity contribution in [2.75, 3.05) is 6.54 Å². The minimum Gasteiger partial charge on any atom is -0.447 e. The van der Waals surface area contributed by atoms with E-state index >= 15 is 0 Å². The quantitative estimate of drug-likeness (QED) is 0.258. The topological polar surface area (TPSA) is 93.4 Å². The second-order valence-corrected chi connectivity index (χ2v) is 3.22. The van der Waals surface area contributed by atoms with Gasteiger partial charge in [0.1, 0.15) is 6.10 Å². The first kappa shape index (κ1) is 13.7. The van der Waals surface area contributed by atoms with Crippen LogP contribution in [0.5, 0.6) is 0 Å². The van der Waals surface area contributed by atoms with Crippen LogP contribution in [0.3, 0.4) is 0 Å². The zero-order valence-electron chi connectivity index (χ0n) is 9.21. The third-order valence-electron chi connectivity index (χ3n) is 1.89. The summed E-state index contributed by atoms with van der Waals surface area (Å²) in [7, 11) is 0. The zero-order valence-corrected chi connectivity index (χ0v) is 9.21. The van der Waals surface area contributed by atoms with Gasteiger partial charge in [-0.05, 0) is 19.8 Å². The lowest BCUT2D eigenvalue weighted by molar-refractivity contribution is -0.121. The van der Waals surface area contributed by atoms with E-state index in [1.165, 1.54) is 0 Å². The largest absolute Gasteiger partial charge is 0.447 e. The first-order valence-electron chi connectivity index (χ1n) is 5.04. The van der Waals surface area contributed by atoms with Gasteiger partial charge in [0.2, 0.25) is 5.91 Å². The Morgan fingerprint density at radius 3 is 2.67 bits per heavy atom. The fourth-order valence-electron chi connectivity index (χ4n) is 0.819. The van der Waals surface area contributed by atoms with E-state index in [9.17, 15) is 9.59 Å². The highest BCUT2D eigenvalue weighted by molar-refractivity contribution is 5.75. The van der Waals surface area contributed by atoms with Crippen LogP contribution in [0.2, 0.25) is 0 Å². The van der Waals surface area contributed by atoms with Gasteiger partial charge in [-0.15, -0.1) is 0 Å². The molecular weight excluding hydrogens is 198 g/mol. The number of nitrogens with two attached hydrogens (primary N) is 1. The molecule has 0 radical (unpaired) electrons.